The zero-order valence-electron chi connectivity index (χ0n) is 15.5. The number of alkyl halides is 2. The fourth-order valence-electron chi connectivity index (χ4n) is 3.95. The van der Waals surface area contributed by atoms with Gasteiger partial charge in [0.1, 0.15) is 0 Å². The first-order valence-electron chi connectivity index (χ1n) is 9.17. The zero-order valence-corrected chi connectivity index (χ0v) is 15.5. The minimum absolute atomic E-state index is 0.0599. The molecule has 2 heterocycles. The number of carbonyl (C=O) groups excluding carboxylic acids is 1. The van der Waals surface area contributed by atoms with Crippen molar-refractivity contribution in [2.75, 3.05) is 26.8 Å². The fraction of sp³-hybridized carbons (Fsp3) is 0.579. The van der Waals surface area contributed by atoms with Crippen molar-refractivity contribution in [2.24, 2.45) is 11.8 Å². The molecular weight excluding hydrogens is 376 g/mol. The fourth-order valence-corrected chi connectivity index (χ4v) is 3.95. The number of carboxylic acid groups (broad SMARTS) is 1. The number of halogens is 2. The molecule has 2 fully saturated rings. The maximum absolute atomic E-state index is 12.8. The average Bonchev–Trinajstić information content (AvgIpc) is 3.17. The van der Waals surface area contributed by atoms with Gasteiger partial charge in [-0.05, 0) is 43.4 Å². The van der Waals surface area contributed by atoms with Gasteiger partial charge in [-0.2, -0.15) is 8.78 Å². The van der Waals surface area contributed by atoms with Crippen LogP contribution in [0.5, 0.6) is 11.5 Å². The first kappa shape index (κ1) is 20.3. The highest BCUT2D eigenvalue weighted by Gasteiger charge is 2.40. The molecule has 1 N–H and O–H groups in total. The van der Waals surface area contributed by atoms with E-state index >= 15 is 0 Å². The van der Waals surface area contributed by atoms with Gasteiger partial charge in [0.15, 0.2) is 11.5 Å². The molecule has 1 aromatic rings. The third-order valence-corrected chi connectivity index (χ3v) is 5.37. The van der Waals surface area contributed by atoms with Crippen LogP contribution in [0, 0.1) is 11.8 Å². The Balaban J connectivity index is 1.63. The predicted molar refractivity (Wildman–Crippen MR) is 93.7 cm³/mol. The standard InChI is InChI=1S/C19H23F2NO6/c1-26-15-10-12(2-3-14(15)28-19(20)21)17(23)22-7-4-11(5-8-22)16-13(18(24)25)6-9-27-16/h2-3,10-11,13,16,19H,4-9H2,1H3,(H,24,25)/t13?,16-/m0/s1. The molecule has 28 heavy (non-hydrogen) atoms. The van der Waals surface area contributed by atoms with Gasteiger partial charge < -0.3 is 24.2 Å². The van der Waals surface area contributed by atoms with Crippen LogP contribution in [0.3, 0.4) is 0 Å². The van der Waals surface area contributed by atoms with E-state index in [4.69, 9.17) is 9.47 Å². The lowest BCUT2D eigenvalue weighted by Crippen LogP contribution is -2.43. The van der Waals surface area contributed by atoms with Gasteiger partial charge in [-0.1, -0.05) is 0 Å². The number of hydrogen-bond donors (Lipinski definition) is 1. The number of piperidine rings is 1. The number of likely N-dealkylation sites (tertiary alicyclic amines) is 1. The Hall–Kier alpha value is -2.42. The van der Waals surface area contributed by atoms with Crippen molar-refractivity contribution in [3.05, 3.63) is 23.8 Å². The van der Waals surface area contributed by atoms with Gasteiger partial charge in [0, 0.05) is 25.3 Å². The van der Waals surface area contributed by atoms with Crippen LogP contribution in [-0.2, 0) is 9.53 Å². The first-order chi connectivity index (χ1) is 13.4. The van der Waals surface area contributed by atoms with Crippen LogP contribution in [0.4, 0.5) is 8.78 Å². The van der Waals surface area contributed by atoms with Crippen molar-refractivity contribution < 1.29 is 37.7 Å². The van der Waals surface area contributed by atoms with Crippen molar-refractivity contribution in [3.8, 4) is 11.5 Å². The number of ether oxygens (including phenoxy) is 3. The maximum atomic E-state index is 12.8. The van der Waals surface area contributed by atoms with Gasteiger partial charge in [0.25, 0.3) is 5.91 Å². The lowest BCUT2D eigenvalue weighted by atomic mass is 9.84. The van der Waals surface area contributed by atoms with E-state index in [0.29, 0.717) is 44.5 Å². The number of nitrogens with zero attached hydrogens (tertiary/aromatic N) is 1. The Labute approximate surface area is 161 Å². The van der Waals surface area contributed by atoms with Crippen molar-refractivity contribution in [1.82, 2.24) is 4.90 Å². The summed E-state index contributed by atoms with van der Waals surface area (Å²) in [5, 5.41) is 9.32. The Morgan fingerprint density at radius 1 is 1.21 bits per heavy atom. The molecule has 1 aromatic carbocycles. The number of methoxy groups -OCH3 is 1. The molecule has 0 bridgehead atoms. The first-order valence-corrected chi connectivity index (χ1v) is 9.17. The van der Waals surface area contributed by atoms with Gasteiger partial charge in [-0.25, -0.2) is 0 Å². The molecule has 2 aliphatic rings. The molecule has 0 aromatic heterocycles. The third-order valence-electron chi connectivity index (χ3n) is 5.37. The minimum Gasteiger partial charge on any atom is -0.493 e. The van der Waals surface area contributed by atoms with E-state index < -0.39 is 18.5 Å². The van der Waals surface area contributed by atoms with Gasteiger partial charge >= 0.3 is 12.6 Å². The van der Waals surface area contributed by atoms with Crippen LogP contribution in [0.25, 0.3) is 0 Å². The van der Waals surface area contributed by atoms with E-state index in [0.717, 1.165) is 0 Å². The summed E-state index contributed by atoms with van der Waals surface area (Å²) in [4.78, 5) is 25.8. The Morgan fingerprint density at radius 2 is 1.93 bits per heavy atom. The number of carbonyl (C=O) groups is 2. The lowest BCUT2D eigenvalue weighted by molar-refractivity contribution is -0.145. The summed E-state index contributed by atoms with van der Waals surface area (Å²) in [5.74, 6) is -1.53. The Bertz CT molecular complexity index is 720. The number of hydrogen-bond acceptors (Lipinski definition) is 5. The lowest BCUT2D eigenvalue weighted by Gasteiger charge is -2.35. The van der Waals surface area contributed by atoms with E-state index in [1.54, 1.807) is 4.90 Å². The van der Waals surface area contributed by atoms with Crippen LogP contribution in [-0.4, -0.2) is 61.4 Å². The van der Waals surface area contributed by atoms with Crippen molar-refractivity contribution in [1.29, 1.82) is 0 Å². The second kappa shape index (κ2) is 8.72. The highest BCUT2D eigenvalue weighted by Crippen LogP contribution is 2.34. The highest BCUT2D eigenvalue weighted by molar-refractivity contribution is 5.95. The summed E-state index contributed by atoms with van der Waals surface area (Å²) in [7, 11) is 1.31. The normalized spacial score (nSPS) is 23.1. The summed E-state index contributed by atoms with van der Waals surface area (Å²) < 4.78 is 39.9. The van der Waals surface area contributed by atoms with Crippen LogP contribution < -0.4 is 9.47 Å². The quantitative estimate of drug-likeness (QED) is 0.792. The average molecular weight is 399 g/mol. The van der Waals surface area contributed by atoms with Gasteiger partial charge in [-0.15, -0.1) is 0 Å². The molecule has 1 amide bonds. The second-order valence-corrected chi connectivity index (χ2v) is 6.94. The molecule has 1 unspecified atom stereocenters. The molecule has 2 aliphatic heterocycles. The van der Waals surface area contributed by atoms with E-state index in [-0.39, 0.29) is 29.4 Å². The van der Waals surface area contributed by atoms with Crippen molar-refractivity contribution >= 4 is 11.9 Å². The van der Waals surface area contributed by atoms with Gasteiger partial charge in [-0.3, -0.25) is 9.59 Å². The Kier molecular flexibility index (Phi) is 6.33. The smallest absolute Gasteiger partial charge is 0.387 e. The number of rotatable bonds is 6. The number of benzene rings is 1. The summed E-state index contributed by atoms with van der Waals surface area (Å²) >= 11 is 0. The molecule has 2 atom stereocenters. The molecule has 154 valence electrons. The van der Waals surface area contributed by atoms with Crippen LogP contribution in [0.1, 0.15) is 29.6 Å². The molecule has 0 radical (unpaired) electrons. The molecule has 0 saturated carbocycles. The summed E-state index contributed by atoms with van der Waals surface area (Å²) in [5.41, 5.74) is 0.317. The maximum Gasteiger partial charge on any atom is 0.387 e. The number of aliphatic carboxylic acids is 1. The molecule has 2 saturated heterocycles. The number of carboxylic acids is 1. The molecule has 3 rings (SSSR count). The molecular formula is C19H23F2NO6. The molecule has 0 spiro atoms. The molecule has 0 aliphatic carbocycles. The van der Waals surface area contributed by atoms with Gasteiger partial charge in [0.05, 0.1) is 19.1 Å². The van der Waals surface area contributed by atoms with Crippen LogP contribution in [0.15, 0.2) is 18.2 Å². The van der Waals surface area contributed by atoms with E-state index in [1.165, 1.54) is 25.3 Å². The summed E-state index contributed by atoms with van der Waals surface area (Å²) in [6.07, 6.45) is 1.53. The predicted octanol–water partition coefficient (Wildman–Crippen LogP) is 2.64. The third kappa shape index (κ3) is 4.35. The van der Waals surface area contributed by atoms with E-state index in [2.05, 4.69) is 4.74 Å². The summed E-state index contributed by atoms with van der Waals surface area (Å²) in [6, 6.07) is 4.09. The Morgan fingerprint density at radius 3 is 2.54 bits per heavy atom. The number of amides is 1. The monoisotopic (exact) mass is 399 g/mol. The largest absolute Gasteiger partial charge is 0.493 e. The van der Waals surface area contributed by atoms with Crippen molar-refractivity contribution in [3.63, 3.8) is 0 Å². The zero-order chi connectivity index (χ0) is 20.3. The highest BCUT2D eigenvalue weighted by atomic mass is 19.3. The van der Waals surface area contributed by atoms with E-state index in [9.17, 15) is 23.5 Å². The van der Waals surface area contributed by atoms with Crippen molar-refractivity contribution in [2.45, 2.75) is 32.0 Å². The second-order valence-electron chi connectivity index (χ2n) is 6.94. The van der Waals surface area contributed by atoms with E-state index in [1.807, 2.05) is 0 Å². The molecule has 7 nitrogen and oxygen atoms in total. The van der Waals surface area contributed by atoms with Crippen LogP contribution in [0.2, 0.25) is 0 Å². The van der Waals surface area contributed by atoms with Crippen LogP contribution >= 0.6 is 0 Å². The summed E-state index contributed by atoms with van der Waals surface area (Å²) in [6.45, 7) is -1.57. The topological polar surface area (TPSA) is 85.3 Å². The SMILES string of the molecule is COc1cc(C(=O)N2CCC([C@@H]3OCCC3C(=O)O)CC2)ccc1OC(F)F. The molecule has 9 heteroatoms. The van der Waals surface area contributed by atoms with Gasteiger partial charge in [0.2, 0.25) is 0 Å². The minimum atomic E-state index is -2.98.